The Labute approximate surface area is 166 Å². The van der Waals surface area contributed by atoms with Crippen molar-refractivity contribution in [1.82, 2.24) is 0 Å². The SMILES string of the molecule is Cc1cc2c(c(-c3ccccc3)c1)C#CCCCCCCCCCCCC2. The summed E-state index contributed by atoms with van der Waals surface area (Å²) in [7, 11) is 0. The zero-order valence-electron chi connectivity index (χ0n) is 17.0. The highest BCUT2D eigenvalue weighted by atomic mass is 14.1. The van der Waals surface area contributed by atoms with Crippen molar-refractivity contribution >= 4 is 0 Å². The van der Waals surface area contributed by atoms with Crippen molar-refractivity contribution in [1.29, 1.82) is 0 Å². The summed E-state index contributed by atoms with van der Waals surface area (Å²) < 4.78 is 0. The highest BCUT2D eigenvalue weighted by molar-refractivity contribution is 5.73. The van der Waals surface area contributed by atoms with Crippen LogP contribution in [0.25, 0.3) is 11.1 Å². The third-order valence-electron chi connectivity index (χ3n) is 5.66. The molecule has 142 valence electrons. The minimum Gasteiger partial charge on any atom is -0.0979 e. The van der Waals surface area contributed by atoms with Gasteiger partial charge in [0.05, 0.1) is 0 Å². The van der Waals surface area contributed by atoms with E-state index in [2.05, 4.69) is 61.2 Å². The van der Waals surface area contributed by atoms with Gasteiger partial charge in [-0.05, 0) is 42.9 Å². The third-order valence-corrected chi connectivity index (χ3v) is 5.66. The molecule has 2 aromatic rings. The maximum Gasteiger partial charge on any atom is 0.0355 e. The van der Waals surface area contributed by atoms with Gasteiger partial charge in [0, 0.05) is 12.0 Å². The van der Waals surface area contributed by atoms with Crippen molar-refractivity contribution in [2.75, 3.05) is 0 Å². The molecule has 0 radical (unpaired) electrons. The summed E-state index contributed by atoms with van der Waals surface area (Å²) in [4.78, 5) is 0. The predicted octanol–water partition coefficient (Wildman–Crippen LogP) is 7.86. The van der Waals surface area contributed by atoms with Crippen molar-refractivity contribution in [3.8, 4) is 23.0 Å². The van der Waals surface area contributed by atoms with Crippen LogP contribution < -0.4 is 0 Å². The van der Waals surface area contributed by atoms with Crippen LogP contribution in [-0.2, 0) is 6.42 Å². The van der Waals surface area contributed by atoms with Crippen LogP contribution in [0.5, 0.6) is 0 Å². The summed E-state index contributed by atoms with van der Waals surface area (Å²) >= 11 is 0. The van der Waals surface area contributed by atoms with Gasteiger partial charge in [-0.1, -0.05) is 111 Å². The van der Waals surface area contributed by atoms with Crippen molar-refractivity contribution < 1.29 is 0 Å². The first-order valence-electron chi connectivity index (χ1n) is 11.0. The van der Waals surface area contributed by atoms with E-state index < -0.39 is 0 Å². The monoisotopic (exact) mass is 358 g/mol. The molecule has 1 aliphatic carbocycles. The van der Waals surface area contributed by atoms with Crippen LogP contribution in [0.1, 0.15) is 87.3 Å². The van der Waals surface area contributed by atoms with Gasteiger partial charge in [0.2, 0.25) is 0 Å². The van der Waals surface area contributed by atoms with E-state index in [1.165, 1.54) is 92.0 Å². The Morgan fingerprint density at radius 2 is 1.33 bits per heavy atom. The standard InChI is InChI=1S/C27H34/c1-23-21-25-19-13-10-8-6-4-2-3-5-7-9-11-16-20-26(25)27(22-23)24-17-14-12-15-18-24/h12,14-15,17-18,21-22H,2-11,13,19H2,1H3. The molecule has 0 heterocycles. The molecule has 27 heavy (non-hydrogen) atoms. The maximum absolute atomic E-state index is 3.59. The smallest absolute Gasteiger partial charge is 0.0355 e. The van der Waals surface area contributed by atoms with Gasteiger partial charge in [-0.3, -0.25) is 0 Å². The Morgan fingerprint density at radius 1 is 0.704 bits per heavy atom. The Bertz CT molecular complexity index is 758. The lowest BCUT2D eigenvalue weighted by Gasteiger charge is -2.13. The lowest BCUT2D eigenvalue weighted by Crippen LogP contribution is -1.97. The summed E-state index contributed by atoms with van der Waals surface area (Å²) in [6, 6.07) is 15.5. The van der Waals surface area contributed by atoms with Crippen molar-refractivity contribution in [2.24, 2.45) is 0 Å². The molecule has 0 aromatic heterocycles. The molecule has 0 spiro atoms. The summed E-state index contributed by atoms with van der Waals surface area (Å²) in [5, 5.41) is 0. The van der Waals surface area contributed by atoms with Crippen LogP contribution >= 0.6 is 0 Å². The van der Waals surface area contributed by atoms with Crippen molar-refractivity contribution in [3.05, 3.63) is 59.2 Å². The molecule has 0 N–H and O–H groups in total. The average molecular weight is 359 g/mol. The molecule has 0 fully saturated rings. The van der Waals surface area contributed by atoms with Crippen LogP contribution in [0.15, 0.2) is 42.5 Å². The fourth-order valence-electron chi connectivity index (χ4n) is 4.15. The molecule has 0 saturated carbocycles. The largest absolute Gasteiger partial charge is 0.0979 e. The van der Waals surface area contributed by atoms with Crippen LogP contribution in [0.2, 0.25) is 0 Å². The van der Waals surface area contributed by atoms with E-state index in [1.807, 2.05) is 0 Å². The van der Waals surface area contributed by atoms with E-state index in [-0.39, 0.29) is 0 Å². The molecular formula is C27H34. The first-order chi connectivity index (χ1) is 13.3. The second-order valence-corrected chi connectivity index (χ2v) is 8.05. The lowest BCUT2D eigenvalue weighted by atomic mass is 9.90. The average Bonchev–Trinajstić information content (AvgIpc) is 2.69. The maximum atomic E-state index is 3.59. The molecule has 0 unspecified atom stereocenters. The molecular weight excluding hydrogens is 324 g/mol. The van der Waals surface area contributed by atoms with Crippen molar-refractivity contribution in [3.63, 3.8) is 0 Å². The molecule has 0 saturated heterocycles. The van der Waals surface area contributed by atoms with Crippen LogP contribution in [0, 0.1) is 18.8 Å². The molecule has 2 aromatic carbocycles. The zero-order chi connectivity index (χ0) is 18.7. The first-order valence-corrected chi connectivity index (χ1v) is 11.0. The van der Waals surface area contributed by atoms with E-state index in [0.717, 1.165) is 12.8 Å². The van der Waals surface area contributed by atoms with E-state index >= 15 is 0 Å². The minimum atomic E-state index is 1.03. The topological polar surface area (TPSA) is 0 Å². The van der Waals surface area contributed by atoms with Crippen molar-refractivity contribution in [2.45, 2.75) is 84.0 Å². The third kappa shape index (κ3) is 6.28. The molecule has 0 aliphatic heterocycles. The van der Waals surface area contributed by atoms with E-state index in [0.29, 0.717) is 0 Å². The second-order valence-electron chi connectivity index (χ2n) is 8.05. The van der Waals surface area contributed by atoms with Gasteiger partial charge in [-0.2, -0.15) is 0 Å². The molecule has 1 aliphatic rings. The molecule has 0 bridgehead atoms. The Balaban J connectivity index is 1.90. The van der Waals surface area contributed by atoms with E-state index in [1.54, 1.807) is 0 Å². The number of hydrogen-bond acceptors (Lipinski definition) is 0. The van der Waals surface area contributed by atoms with Gasteiger partial charge in [0.15, 0.2) is 0 Å². The van der Waals surface area contributed by atoms with E-state index in [9.17, 15) is 0 Å². The Morgan fingerprint density at radius 3 is 2.04 bits per heavy atom. The molecule has 0 nitrogen and oxygen atoms in total. The summed E-state index contributed by atoms with van der Waals surface area (Å²) in [6.07, 6.45) is 15.8. The Kier molecular flexibility index (Phi) is 8.03. The van der Waals surface area contributed by atoms with Crippen LogP contribution in [-0.4, -0.2) is 0 Å². The quantitative estimate of drug-likeness (QED) is 0.455. The number of fused-ring (bicyclic) bond motifs is 1. The van der Waals surface area contributed by atoms with Gasteiger partial charge < -0.3 is 0 Å². The number of rotatable bonds is 1. The molecule has 3 rings (SSSR count). The fourth-order valence-corrected chi connectivity index (χ4v) is 4.15. The van der Waals surface area contributed by atoms with Gasteiger partial charge in [0.25, 0.3) is 0 Å². The summed E-state index contributed by atoms with van der Waals surface area (Å²) in [6.45, 7) is 2.22. The summed E-state index contributed by atoms with van der Waals surface area (Å²) in [5.41, 5.74) is 6.69. The van der Waals surface area contributed by atoms with Gasteiger partial charge >= 0.3 is 0 Å². The van der Waals surface area contributed by atoms with E-state index in [4.69, 9.17) is 0 Å². The fraction of sp³-hybridized carbons (Fsp3) is 0.481. The van der Waals surface area contributed by atoms with Gasteiger partial charge in [-0.15, -0.1) is 0 Å². The molecule has 0 atom stereocenters. The van der Waals surface area contributed by atoms with Crippen LogP contribution in [0.3, 0.4) is 0 Å². The Hall–Kier alpha value is -2.00. The highest BCUT2D eigenvalue weighted by Crippen LogP contribution is 2.29. The summed E-state index contributed by atoms with van der Waals surface area (Å²) in [5.74, 6) is 7.09. The number of aryl methyl sites for hydroxylation is 2. The minimum absolute atomic E-state index is 1.03. The predicted molar refractivity (Wildman–Crippen MR) is 118 cm³/mol. The molecule has 0 amide bonds. The highest BCUT2D eigenvalue weighted by Gasteiger charge is 2.10. The number of hydrogen-bond donors (Lipinski definition) is 0. The van der Waals surface area contributed by atoms with Crippen LogP contribution in [0.4, 0.5) is 0 Å². The molecule has 0 heteroatoms. The van der Waals surface area contributed by atoms with Gasteiger partial charge in [0.1, 0.15) is 0 Å². The lowest BCUT2D eigenvalue weighted by molar-refractivity contribution is 0.553. The normalized spacial score (nSPS) is 16.8. The first kappa shape index (κ1) is 19.8. The second kappa shape index (κ2) is 11.0. The van der Waals surface area contributed by atoms with Gasteiger partial charge in [-0.25, -0.2) is 0 Å². The number of benzene rings is 2. The zero-order valence-corrected chi connectivity index (χ0v) is 17.0.